The first kappa shape index (κ1) is 19.9. The van der Waals surface area contributed by atoms with Gasteiger partial charge in [-0.2, -0.15) is 0 Å². The van der Waals surface area contributed by atoms with Gasteiger partial charge in [-0.05, 0) is 48.6 Å². The molecule has 6 heteroatoms. The summed E-state index contributed by atoms with van der Waals surface area (Å²) >= 11 is 1.55. The molecule has 2 heterocycles. The molecule has 0 radical (unpaired) electrons. The van der Waals surface area contributed by atoms with Gasteiger partial charge in [0.2, 0.25) is 11.8 Å². The molecule has 4 aromatic rings. The average Bonchev–Trinajstić information content (AvgIpc) is 3.39. The molecule has 0 saturated heterocycles. The van der Waals surface area contributed by atoms with E-state index in [9.17, 15) is 4.79 Å². The summed E-state index contributed by atoms with van der Waals surface area (Å²) in [5, 5.41) is 4.92. The van der Waals surface area contributed by atoms with Crippen LogP contribution in [0.5, 0.6) is 5.75 Å². The number of benzene rings is 2. The fourth-order valence-electron chi connectivity index (χ4n) is 3.03. The monoisotopic (exact) mass is 418 g/mol. The first-order chi connectivity index (χ1) is 14.6. The fourth-order valence-corrected chi connectivity index (χ4v) is 3.68. The Morgan fingerprint density at radius 1 is 1.10 bits per heavy atom. The lowest BCUT2D eigenvalue weighted by molar-refractivity contribution is -0.115. The van der Waals surface area contributed by atoms with E-state index >= 15 is 0 Å². The highest BCUT2D eigenvalue weighted by Crippen LogP contribution is 2.28. The number of ether oxygens (including phenoxy) is 1. The Kier molecular flexibility index (Phi) is 5.95. The molecule has 2 aromatic carbocycles. The molecule has 1 amide bonds. The first-order valence-electron chi connectivity index (χ1n) is 9.66. The van der Waals surface area contributed by atoms with Gasteiger partial charge in [0.25, 0.3) is 0 Å². The Balaban J connectivity index is 1.45. The Morgan fingerprint density at radius 3 is 2.70 bits per heavy atom. The van der Waals surface area contributed by atoms with Gasteiger partial charge in [-0.1, -0.05) is 42.5 Å². The third kappa shape index (κ3) is 4.78. The average molecular weight is 419 g/mol. The molecule has 0 spiro atoms. The number of hydrogen-bond donors (Lipinski definition) is 1. The van der Waals surface area contributed by atoms with Gasteiger partial charge in [0.15, 0.2) is 0 Å². The van der Waals surface area contributed by atoms with Crippen LogP contribution in [0, 0.1) is 13.8 Å². The molecule has 0 fully saturated rings. The van der Waals surface area contributed by atoms with Crippen molar-refractivity contribution in [2.75, 3.05) is 5.32 Å². The molecule has 0 atom stereocenters. The molecular weight excluding hydrogens is 396 g/mol. The van der Waals surface area contributed by atoms with Gasteiger partial charge in [-0.25, -0.2) is 4.98 Å². The predicted octanol–water partition coefficient (Wildman–Crippen LogP) is 5.78. The summed E-state index contributed by atoms with van der Waals surface area (Å²) in [5.74, 6) is 1.67. The molecule has 0 bridgehead atoms. The number of carbonyl (C=O) groups is 1. The van der Waals surface area contributed by atoms with Crippen LogP contribution in [0.2, 0.25) is 0 Å². The molecule has 4 rings (SSSR count). The smallest absolute Gasteiger partial charge is 0.236 e. The number of aryl methyl sites for hydroxylation is 2. The van der Waals surface area contributed by atoms with Crippen LogP contribution in [0.3, 0.4) is 0 Å². The maximum absolute atomic E-state index is 12.7. The molecule has 0 saturated carbocycles. The van der Waals surface area contributed by atoms with E-state index in [4.69, 9.17) is 9.15 Å². The normalized spacial score (nSPS) is 10.7. The topological polar surface area (TPSA) is 64.4 Å². The quantitative estimate of drug-likeness (QED) is 0.413. The fraction of sp³-hybridized carbons (Fsp3) is 0.167. The third-order valence-electron chi connectivity index (χ3n) is 4.60. The van der Waals surface area contributed by atoms with Gasteiger partial charge in [0.05, 0.1) is 22.7 Å². The highest BCUT2D eigenvalue weighted by Gasteiger charge is 2.16. The number of nitrogens with one attached hydrogen (secondary N) is 1. The molecule has 30 heavy (non-hydrogen) atoms. The highest BCUT2D eigenvalue weighted by molar-refractivity contribution is 7.13. The Hall–Kier alpha value is -3.38. The summed E-state index contributed by atoms with van der Waals surface area (Å²) in [5.41, 5.74) is 3.40. The molecule has 0 unspecified atom stereocenters. The van der Waals surface area contributed by atoms with E-state index in [2.05, 4.69) is 10.3 Å². The van der Waals surface area contributed by atoms with Crippen LogP contribution in [0.4, 0.5) is 5.69 Å². The summed E-state index contributed by atoms with van der Waals surface area (Å²) in [7, 11) is 0. The van der Waals surface area contributed by atoms with E-state index < -0.39 is 0 Å². The standard InChI is InChI=1S/C24H22N2O3S/c1-16-10-11-19(21(13-16)28-15-18-7-4-3-5-8-18)25-23(27)14-20-17(2)29-24(26-20)22-9-6-12-30-22/h3-13H,14-15H2,1-2H3,(H,25,27). The minimum absolute atomic E-state index is 0.132. The number of amides is 1. The summed E-state index contributed by atoms with van der Waals surface area (Å²) in [6, 6.07) is 19.6. The summed E-state index contributed by atoms with van der Waals surface area (Å²) in [6.07, 6.45) is 0.132. The maximum atomic E-state index is 12.7. The number of hydrogen-bond acceptors (Lipinski definition) is 5. The summed E-state index contributed by atoms with van der Waals surface area (Å²) < 4.78 is 11.7. The zero-order valence-corrected chi connectivity index (χ0v) is 17.7. The lowest BCUT2D eigenvalue weighted by Crippen LogP contribution is -2.16. The molecule has 1 N–H and O–H groups in total. The van der Waals surface area contributed by atoms with Crippen molar-refractivity contribution < 1.29 is 13.9 Å². The van der Waals surface area contributed by atoms with Crippen molar-refractivity contribution in [1.29, 1.82) is 0 Å². The van der Waals surface area contributed by atoms with Gasteiger partial charge in [0.1, 0.15) is 18.1 Å². The maximum Gasteiger partial charge on any atom is 0.236 e. The van der Waals surface area contributed by atoms with Crippen LogP contribution in [-0.2, 0) is 17.8 Å². The van der Waals surface area contributed by atoms with E-state index in [1.807, 2.05) is 79.9 Å². The number of aromatic nitrogens is 1. The molecule has 152 valence electrons. The van der Waals surface area contributed by atoms with Crippen LogP contribution in [0.1, 0.15) is 22.6 Å². The summed E-state index contributed by atoms with van der Waals surface area (Å²) in [4.78, 5) is 18.1. The first-order valence-corrected chi connectivity index (χ1v) is 10.5. The molecular formula is C24H22N2O3S. The predicted molar refractivity (Wildman–Crippen MR) is 119 cm³/mol. The lowest BCUT2D eigenvalue weighted by atomic mass is 10.2. The minimum atomic E-state index is -0.169. The van der Waals surface area contributed by atoms with Crippen molar-refractivity contribution in [2.45, 2.75) is 26.9 Å². The zero-order valence-electron chi connectivity index (χ0n) is 16.8. The number of rotatable bonds is 7. The zero-order chi connectivity index (χ0) is 20.9. The van der Waals surface area contributed by atoms with Crippen molar-refractivity contribution in [1.82, 2.24) is 4.98 Å². The number of anilines is 1. The molecule has 0 aliphatic heterocycles. The van der Waals surface area contributed by atoms with Gasteiger partial charge >= 0.3 is 0 Å². The molecule has 5 nitrogen and oxygen atoms in total. The second-order valence-corrected chi connectivity index (χ2v) is 7.95. The largest absolute Gasteiger partial charge is 0.487 e. The minimum Gasteiger partial charge on any atom is -0.487 e. The van der Waals surface area contributed by atoms with Crippen molar-refractivity contribution in [2.24, 2.45) is 0 Å². The van der Waals surface area contributed by atoms with Crippen LogP contribution in [0.15, 0.2) is 70.5 Å². The van der Waals surface area contributed by atoms with Crippen molar-refractivity contribution >= 4 is 22.9 Å². The van der Waals surface area contributed by atoms with E-state index in [1.54, 1.807) is 11.3 Å². The Bertz CT molecular complexity index is 1130. The Labute approximate surface area is 179 Å². The van der Waals surface area contributed by atoms with Gasteiger partial charge in [0, 0.05) is 0 Å². The van der Waals surface area contributed by atoms with Crippen LogP contribution in [-0.4, -0.2) is 10.9 Å². The van der Waals surface area contributed by atoms with E-state index in [0.29, 0.717) is 35.4 Å². The van der Waals surface area contributed by atoms with Gasteiger partial charge in [-0.15, -0.1) is 11.3 Å². The van der Waals surface area contributed by atoms with E-state index in [1.165, 1.54) is 0 Å². The number of oxazole rings is 1. The van der Waals surface area contributed by atoms with Gasteiger partial charge < -0.3 is 14.5 Å². The molecule has 2 aromatic heterocycles. The van der Waals surface area contributed by atoms with Gasteiger partial charge in [-0.3, -0.25) is 4.79 Å². The van der Waals surface area contributed by atoms with E-state index in [0.717, 1.165) is 16.0 Å². The second-order valence-electron chi connectivity index (χ2n) is 7.00. The number of nitrogens with zero attached hydrogens (tertiary/aromatic N) is 1. The lowest BCUT2D eigenvalue weighted by Gasteiger charge is -2.13. The molecule has 0 aliphatic carbocycles. The molecule has 0 aliphatic rings. The van der Waals surface area contributed by atoms with Crippen LogP contribution >= 0.6 is 11.3 Å². The van der Waals surface area contributed by atoms with Crippen molar-refractivity contribution in [3.8, 4) is 16.5 Å². The number of carbonyl (C=O) groups excluding carboxylic acids is 1. The van der Waals surface area contributed by atoms with E-state index in [-0.39, 0.29) is 12.3 Å². The van der Waals surface area contributed by atoms with Crippen molar-refractivity contribution in [3.05, 3.63) is 88.6 Å². The summed E-state index contributed by atoms with van der Waals surface area (Å²) in [6.45, 7) is 4.25. The third-order valence-corrected chi connectivity index (χ3v) is 5.46. The highest BCUT2D eigenvalue weighted by atomic mass is 32.1. The second kappa shape index (κ2) is 8.97. The SMILES string of the molecule is Cc1ccc(NC(=O)Cc2nc(-c3cccs3)oc2C)c(OCc2ccccc2)c1. The van der Waals surface area contributed by atoms with Crippen LogP contribution in [0.25, 0.3) is 10.8 Å². The number of thiophene rings is 1. The van der Waals surface area contributed by atoms with Crippen molar-refractivity contribution in [3.63, 3.8) is 0 Å². The Morgan fingerprint density at radius 2 is 1.93 bits per heavy atom. The van der Waals surface area contributed by atoms with Crippen LogP contribution < -0.4 is 10.1 Å².